The average molecular weight is 370 g/mol. The summed E-state index contributed by atoms with van der Waals surface area (Å²) in [7, 11) is 4.63. The van der Waals surface area contributed by atoms with Gasteiger partial charge in [-0.15, -0.1) is 0 Å². The van der Waals surface area contributed by atoms with E-state index in [1.807, 2.05) is 18.2 Å². The summed E-state index contributed by atoms with van der Waals surface area (Å²) < 4.78 is 16.2. The van der Waals surface area contributed by atoms with E-state index in [4.69, 9.17) is 14.2 Å². The number of aromatic hydroxyl groups is 1. The van der Waals surface area contributed by atoms with Crippen LogP contribution in [0.5, 0.6) is 23.0 Å². The number of carbonyl (C=O) groups excluding carboxylic acids is 1. The molecule has 0 aliphatic carbocycles. The van der Waals surface area contributed by atoms with Crippen molar-refractivity contribution in [2.24, 2.45) is 5.10 Å². The number of hydrogen-bond acceptors (Lipinski definition) is 6. The van der Waals surface area contributed by atoms with Gasteiger partial charge in [0.1, 0.15) is 5.75 Å². The first-order chi connectivity index (χ1) is 13.0. The van der Waals surface area contributed by atoms with Gasteiger partial charge in [0.15, 0.2) is 11.5 Å². The Morgan fingerprint density at radius 2 is 1.74 bits per heavy atom. The minimum Gasteiger partial charge on any atom is -0.507 e. The van der Waals surface area contributed by atoms with Crippen molar-refractivity contribution in [2.45, 2.75) is 19.4 Å². The van der Waals surface area contributed by atoms with Crippen LogP contribution in [0.25, 0.3) is 0 Å². The van der Waals surface area contributed by atoms with Gasteiger partial charge in [-0.3, -0.25) is 4.79 Å². The molecule has 0 aromatic heterocycles. The number of phenols is 1. The molecule has 0 saturated carbocycles. The number of hydrazone groups is 1. The zero-order valence-electron chi connectivity index (χ0n) is 15.7. The highest BCUT2D eigenvalue weighted by Crippen LogP contribution is 2.43. The fourth-order valence-corrected chi connectivity index (χ4v) is 3.23. The van der Waals surface area contributed by atoms with Crippen LogP contribution < -0.4 is 14.2 Å². The van der Waals surface area contributed by atoms with Crippen molar-refractivity contribution in [3.8, 4) is 23.0 Å². The number of amides is 1. The molecule has 3 rings (SSSR count). The summed E-state index contributed by atoms with van der Waals surface area (Å²) >= 11 is 0. The van der Waals surface area contributed by atoms with Crippen molar-refractivity contribution >= 4 is 11.6 Å². The van der Waals surface area contributed by atoms with Crippen LogP contribution in [-0.4, -0.2) is 43.1 Å². The van der Waals surface area contributed by atoms with Crippen LogP contribution in [0.2, 0.25) is 0 Å². The molecule has 2 aromatic carbocycles. The summed E-state index contributed by atoms with van der Waals surface area (Å²) in [5.74, 6) is 1.43. The molecule has 142 valence electrons. The predicted molar refractivity (Wildman–Crippen MR) is 101 cm³/mol. The standard InChI is InChI=1S/C20H22N2O5/c1-12(23)22-16(11-15(21-22)14-7-5-6-8-17(14)24)13-9-18(25-2)20(27-4)19(10-13)26-3/h5-10,16,24H,11H2,1-4H3/t16-/m0/s1. The molecule has 7 heteroatoms. The van der Waals surface area contributed by atoms with E-state index in [2.05, 4.69) is 5.10 Å². The number of phenolic OH excluding ortho intramolecular Hbond substituents is 1. The molecule has 7 nitrogen and oxygen atoms in total. The highest BCUT2D eigenvalue weighted by Gasteiger charge is 2.33. The molecule has 0 radical (unpaired) electrons. The molecule has 27 heavy (non-hydrogen) atoms. The molecule has 2 aromatic rings. The Morgan fingerprint density at radius 3 is 2.26 bits per heavy atom. The van der Waals surface area contributed by atoms with Crippen molar-refractivity contribution in [1.82, 2.24) is 5.01 Å². The van der Waals surface area contributed by atoms with Crippen molar-refractivity contribution in [3.63, 3.8) is 0 Å². The molecule has 1 amide bonds. The van der Waals surface area contributed by atoms with E-state index in [1.54, 1.807) is 32.4 Å². The van der Waals surface area contributed by atoms with Crippen LogP contribution in [0.1, 0.15) is 30.5 Å². The Kier molecular flexibility index (Phi) is 5.21. The van der Waals surface area contributed by atoms with E-state index in [9.17, 15) is 9.90 Å². The first-order valence-electron chi connectivity index (χ1n) is 8.45. The summed E-state index contributed by atoms with van der Waals surface area (Å²) in [5.41, 5.74) is 2.05. The zero-order valence-corrected chi connectivity index (χ0v) is 15.7. The largest absolute Gasteiger partial charge is 0.507 e. The maximum atomic E-state index is 12.2. The van der Waals surface area contributed by atoms with Gasteiger partial charge >= 0.3 is 0 Å². The van der Waals surface area contributed by atoms with E-state index >= 15 is 0 Å². The molecule has 1 aliphatic heterocycles. The first kappa shape index (κ1) is 18.6. The number of carbonyl (C=O) groups is 1. The maximum Gasteiger partial charge on any atom is 0.240 e. The summed E-state index contributed by atoms with van der Waals surface area (Å²) in [6, 6.07) is 10.2. The first-order valence-corrected chi connectivity index (χ1v) is 8.45. The Balaban J connectivity index is 2.04. The van der Waals surface area contributed by atoms with Gasteiger partial charge in [0.25, 0.3) is 0 Å². The quantitative estimate of drug-likeness (QED) is 0.875. The van der Waals surface area contributed by atoms with Gasteiger partial charge in [-0.25, -0.2) is 5.01 Å². The smallest absolute Gasteiger partial charge is 0.240 e. The van der Waals surface area contributed by atoms with E-state index in [1.165, 1.54) is 19.0 Å². The normalized spacial score (nSPS) is 16.1. The van der Waals surface area contributed by atoms with Gasteiger partial charge in [0.05, 0.1) is 33.1 Å². The molecule has 0 fully saturated rings. The summed E-state index contributed by atoms with van der Waals surface area (Å²) in [5, 5.41) is 16.0. The second kappa shape index (κ2) is 7.57. The van der Waals surface area contributed by atoms with Gasteiger partial charge in [0.2, 0.25) is 11.7 Å². The monoisotopic (exact) mass is 370 g/mol. The minimum atomic E-state index is -0.342. The molecule has 1 heterocycles. The molecular weight excluding hydrogens is 348 g/mol. The lowest BCUT2D eigenvalue weighted by Gasteiger charge is -2.22. The van der Waals surface area contributed by atoms with Crippen LogP contribution >= 0.6 is 0 Å². The number of hydrogen-bond donors (Lipinski definition) is 1. The van der Waals surface area contributed by atoms with Gasteiger partial charge in [-0.05, 0) is 29.8 Å². The fourth-order valence-electron chi connectivity index (χ4n) is 3.23. The van der Waals surface area contributed by atoms with Gasteiger partial charge < -0.3 is 19.3 Å². The highest BCUT2D eigenvalue weighted by molar-refractivity contribution is 6.05. The third-order valence-electron chi connectivity index (χ3n) is 4.52. The average Bonchev–Trinajstić information content (AvgIpc) is 3.12. The fraction of sp³-hybridized carbons (Fsp3) is 0.300. The van der Waals surface area contributed by atoms with Gasteiger partial charge in [-0.1, -0.05) is 12.1 Å². The Bertz CT molecular complexity index is 869. The van der Waals surface area contributed by atoms with Crippen LogP contribution in [-0.2, 0) is 4.79 Å². The van der Waals surface area contributed by atoms with Crippen molar-refractivity contribution < 1.29 is 24.1 Å². The molecule has 0 unspecified atom stereocenters. The molecular formula is C20H22N2O5. The zero-order chi connectivity index (χ0) is 19.6. The lowest BCUT2D eigenvalue weighted by atomic mass is 9.97. The van der Waals surface area contributed by atoms with E-state index in [0.717, 1.165) is 5.56 Å². The molecule has 0 saturated heterocycles. The lowest BCUT2D eigenvalue weighted by Crippen LogP contribution is -2.24. The number of nitrogens with zero attached hydrogens (tertiary/aromatic N) is 2. The van der Waals surface area contributed by atoms with Crippen molar-refractivity contribution in [2.75, 3.05) is 21.3 Å². The second-order valence-corrected chi connectivity index (χ2v) is 6.11. The third-order valence-corrected chi connectivity index (χ3v) is 4.52. The van der Waals surface area contributed by atoms with Gasteiger partial charge in [-0.2, -0.15) is 5.10 Å². The van der Waals surface area contributed by atoms with Crippen LogP contribution in [0.3, 0.4) is 0 Å². The molecule has 1 atom stereocenters. The topological polar surface area (TPSA) is 80.6 Å². The number of methoxy groups -OCH3 is 3. The van der Waals surface area contributed by atoms with Crippen LogP contribution in [0.15, 0.2) is 41.5 Å². The van der Waals surface area contributed by atoms with E-state index in [0.29, 0.717) is 34.9 Å². The number of ether oxygens (including phenoxy) is 3. The Morgan fingerprint density at radius 1 is 1.11 bits per heavy atom. The lowest BCUT2D eigenvalue weighted by molar-refractivity contribution is -0.130. The summed E-state index contributed by atoms with van der Waals surface area (Å²) in [6.45, 7) is 1.46. The van der Waals surface area contributed by atoms with Crippen molar-refractivity contribution in [3.05, 3.63) is 47.5 Å². The number of rotatable bonds is 5. The van der Waals surface area contributed by atoms with Crippen LogP contribution in [0, 0.1) is 0 Å². The molecule has 1 N–H and O–H groups in total. The predicted octanol–water partition coefficient (Wildman–Crippen LogP) is 3.12. The Hall–Kier alpha value is -3.22. The number of benzene rings is 2. The minimum absolute atomic E-state index is 0.130. The van der Waals surface area contributed by atoms with E-state index < -0.39 is 0 Å². The van der Waals surface area contributed by atoms with Crippen LogP contribution in [0.4, 0.5) is 0 Å². The second-order valence-electron chi connectivity index (χ2n) is 6.11. The molecule has 1 aliphatic rings. The molecule has 0 bridgehead atoms. The third kappa shape index (κ3) is 3.40. The summed E-state index contributed by atoms with van der Waals surface area (Å²) in [4.78, 5) is 12.2. The highest BCUT2D eigenvalue weighted by atomic mass is 16.5. The Labute approximate surface area is 157 Å². The number of para-hydroxylation sites is 1. The maximum absolute atomic E-state index is 12.2. The SMILES string of the molecule is COc1cc([C@@H]2CC(c3ccccc3O)=NN2C(C)=O)cc(OC)c1OC. The molecule has 0 spiro atoms. The summed E-state index contributed by atoms with van der Waals surface area (Å²) in [6.07, 6.45) is 0.454. The van der Waals surface area contributed by atoms with E-state index in [-0.39, 0.29) is 17.7 Å². The van der Waals surface area contributed by atoms with Crippen molar-refractivity contribution in [1.29, 1.82) is 0 Å². The van der Waals surface area contributed by atoms with Gasteiger partial charge in [0, 0.05) is 18.9 Å².